The number of rotatable bonds is 1. The van der Waals surface area contributed by atoms with E-state index in [9.17, 15) is 14.4 Å². The molecule has 0 spiro atoms. The summed E-state index contributed by atoms with van der Waals surface area (Å²) >= 11 is 0. The number of aromatic nitrogens is 2. The van der Waals surface area contributed by atoms with Crippen molar-refractivity contribution in [2.45, 2.75) is 5.92 Å². The fraction of sp³-hybridized carbons (Fsp3) is 0.143. The first-order valence-electron chi connectivity index (χ1n) is 6.40. The Hall–Kier alpha value is -3.21. The van der Waals surface area contributed by atoms with E-state index >= 15 is 0 Å². The zero-order chi connectivity index (χ0) is 15.9. The molecular formula is C14H11FN6O. The van der Waals surface area contributed by atoms with Crippen LogP contribution < -0.4 is 17.0 Å². The Morgan fingerprint density at radius 2 is 1.95 bits per heavy atom. The molecule has 0 amide bonds. The van der Waals surface area contributed by atoms with Crippen molar-refractivity contribution < 1.29 is 4.39 Å². The number of fused-ring (bicyclic) bond motifs is 1. The zero-order valence-electron chi connectivity index (χ0n) is 11.2. The van der Waals surface area contributed by atoms with Gasteiger partial charge in [0.05, 0.1) is 11.6 Å². The molecule has 0 bridgehead atoms. The molecule has 5 N–H and O–H groups in total. The van der Waals surface area contributed by atoms with Gasteiger partial charge in [0, 0.05) is 5.92 Å². The molecule has 0 aliphatic carbocycles. The van der Waals surface area contributed by atoms with E-state index in [0.29, 0.717) is 5.56 Å². The van der Waals surface area contributed by atoms with E-state index in [0.717, 1.165) is 0 Å². The van der Waals surface area contributed by atoms with Gasteiger partial charge in [0.25, 0.3) is 5.56 Å². The van der Waals surface area contributed by atoms with E-state index in [-0.39, 0.29) is 23.2 Å². The predicted molar refractivity (Wildman–Crippen MR) is 77.9 cm³/mol. The molecule has 0 unspecified atom stereocenters. The maximum Gasteiger partial charge on any atom is 0.258 e. The Balaban J connectivity index is 2.28. The van der Waals surface area contributed by atoms with Crippen LogP contribution in [0, 0.1) is 23.1 Å². The van der Waals surface area contributed by atoms with Crippen LogP contribution in [0.3, 0.4) is 0 Å². The van der Waals surface area contributed by atoms with Crippen LogP contribution in [-0.2, 0) is 0 Å². The average Bonchev–Trinajstić information content (AvgIpc) is 2.46. The number of nitrogens with two attached hydrogens (primary N) is 2. The molecule has 7 nitrogen and oxygen atoms in total. The highest BCUT2D eigenvalue weighted by molar-refractivity contribution is 5.91. The summed E-state index contributed by atoms with van der Waals surface area (Å²) < 4.78 is 13.1. The Kier molecular flexibility index (Phi) is 3.10. The second-order valence-corrected chi connectivity index (χ2v) is 4.86. The predicted octanol–water partition coefficient (Wildman–Crippen LogP) is 0.765. The number of aromatic amines is 1. The van der Waals surface area contributed by atoms with Gasteiger partial charge in [-0.05, 0) is 17.7 Å². The maximum atomic E-state index is 13.1. The van der Waals surface area contributed by atoms with Crippen LogP contribution in [0.4, 0.5) is 16.2 Å². The summed E-state index contributed by atoms with van der Waals surface area (Å²) in [5, 5.41) is 9.38. The Morgan fingerprint density at radius 1 is 1.27 bits per heavy atom. The van der Waals surface area contributed by atoms with Gasteiger partial charge < -0.3 is 11.5 Å². The lowest BCUT2D eigenvalue weighted by molar-refractivity contribution is 0.624. The molecule has 2 heterocycles. The molecule has 22 heavy (non-hydrogen) atoms. The van der Waals surface area contributed by atoms with E-state index in [2.05, 4.69) is 15.0 Å². The third-order valence-electron chi connectivity index (χ3n) is 3.52. The van der Waals surface area contributed by atoms with Gasteiger partial charge in [0.2, 0.25) is 5.95 Å². The van der Waals surface area contributed by atoms with Gasteiger partial charge in [-0.3, -0.25) is 9.78 Å². The standard InChI is InChI=1S/C14H11FN6O/c15-7-3-1-6(2-4-7)9-8(5-16)11(17)19-12-10(9)13(22)21-14(18)20-12/h1-4,8-9H,(H5,17,18,19,20,21,22)/t8-,9+/m1/s1. The summed E-state index contributed by atoms with van der Waals surface area (Å²) in [7, 11) is 0. The lowest BCUT2D eigenvalue weighted by atomic mass is 9.79. The number of nitrogens with zero attached hydrogens (tertiary/aromatic N) is 3. The third kappa shape index (κ3) is 2.09. The van der Waals surface area contributed by atoms with Crippen molar-refractivity contribution in [1.82, 2.24) is 9.97 Å². The van der Waals surface area contributed by atoms with Crippen LogP contribution in [0.25, 0.3) is 0 Å². The van der Waals surface area contributed by atoms with Crippen LogP contribution in [0.15, 0.2) is 34.1 Å². The summed E-state index contributed by atoms with van der Waals surface area (Å²) in [5.74, 6) is -1.91. The molecule has 0 saturated heterocycles. The van der Waals surface area contributed by atoms with Gasteiger partial charge in [-0.25, -0.2) is 9.38 Å². The molecule has 0 radical (unpaired) electrons. The molecule has 3 rings (SSSR count). The highest BCUT2D eigenvalue weighted by atomic mass is 19.1. The molecule has 1 aromatic carbocycles. The second kappa shape index (κ2) is 4.96. The van der Waals surface area contributed by atoms with Gasteiger partial charge in [-0.2, -0.15) is 10.2 Å². The average molecular weight is 298 g/mol. The normalized spacial score (nSPS) is 19.9. The van der Waals surface area contributed by atoms with Crippen LogP contribution in [0.2, 0.25) is 0 Å². The van der Waals surface area contributed by atoms with Crippen molar-refractivity contribution in [2.75, 3.05) is 5.73 Å². The summed E-state index contributed by atoms with van der Waals surface area (Å²) in [6, 6.07) is 7.55. The fourth-order valence-electron chi connectivity index (χ4n) is 2.55. The molecule has 8 heteroatoms. The number of H-pyrrole nitrogens is 1. The van der Waals surface area contributed by atoms with Crippen molar-refractivity contribution in [3.05, 3.63) is 51.6 Å². The Bertz CT molecular complexity index is 864. The van der Waals surface area contributed by atoms with E-state index in [1.165, 1.54) is 24.3 Å². The molecule has 1 aliphatic heterocycles. The molecule has 2 aromatic rings. The number of hydrogen-bond donors (Lipinski definition) is 3. The first kappa shape index (κ1) is 13.8. The van der Waals surface area contributed by atoms with Gasteiger partial charge in [-0.1, -0.05) is 12.1 Å². The highest BCUT2D eigenvalue weighted by Gasteiger charge is 2.36. The monoisotopic (exact) mass is 298 g/mol. The number of nitrogen functional groups attached to an aromatic ring is 1. The first-order chi connectivity index (χ1) is 10.5. The lowest BCUT2D eigenvalue weighted by Crippen LogP contribution is -2.35. The van der Waals surface area contributed by atoms with Gasteiger partial charge in [0.15, 0.2) is 5.82 Å². The van der Waals surface area contributed by atoms with E-state index < -0.39 is 23.2 Å². The Labute approximate surface area is 124 Å². The molecular weight excluding hydrogens is 287 g/mol. The topological polar surface area (TPSA) is 134 Å². The SMILES string of the molecule is N#C[C@H]1C(N)=Nc2nc(N)[nH]c(=O)c2[C@H]1c1ccc(F)cc1. The fourth-order valence-corrected chi connectivity index (χ4v) is 2.55. The van der Waals surface area contributed by atoms with Crippen LogP contribution in [-0.4, -0.2) is 15.8 Å². The number of benzene rings is 1. The maximum absolute atomic E-state index is 13.1. The smallest absolute Gasteiger partial charge is 0.258 e. The summed E-state index contributed by atoms with van der Waals surface area (Å²) in [5.41, 5.74) is 11.6. The second-order valence-electron chi connectivity index (χ2n) is 4.86. The van der Waals surface area contributed by atoms with E-state index in [1.807, 2.05) is 6.07 Å². The summed E-state index contributed by atoms with van der Waals surface area (Å²) in [4.78, 5) is 22.6. The minimum atomic E-state index is -0.843. The van der Waals surface area contributed by atoms with Crippen molar-refractivity contribution in [3.63, 3.8) is 0 Å². The molecule has 0 saturated carbocycles. The van der Waals surface area contributed by atoms with E-state index in [4.69, 9.17) is 11.5 Å². The van der Waals surface area contributed by atoms with Crippen LogP contribution in [0.5, 0.6) is 0 Å². The van der Waals surface area contributed by atoms with Crippen molar-refractivity contribution in [1.29, 1.82) is 5.26 Å². The molecule has 0 fully saturated rings. The lowest BCUT2D eigenvalue weighted by Gasteiger charge is -2.26. The number of aliphatic imine (C=N–C) groups is 1. The number of hydrogen-bond acceptors (Lipinski definition) is 6. The van der Waals surface area contributed by atoms with E-state index in [1.54, 1.807) is 0 Å². The number of nitriles is 1. The quantitative estimate of drug-likeness (QED) is 0.714. The molecule has 2 atom stereocenters. The zero-order valence-corrected chi connectivity index (χ0v) is 11.2. The summed E-state index contributed by atoms with van der Waals surface area (Å²) in [6.07, 6.45) is 0. The van der Waals surface area contributed by atoms with Crippen LogP contribution >= 0.6 is 0 Å². The Morgan fingerprint density at radius 3 is 2.59 bits per heavy atom. The number of amidine groups is 1. The largest absolute Gasteiger partial charge is 0.386 e. The number of nitrogens with one attached hydrogen (secondary N) is 1. The van der Waals surface area contributed by atoms with Crippen molar-refractivity contribution in [2.24, 2.45) is 16.6 Å². The van der Waals surface area contributed by atoms with Gasteiger partial charge in [0.1, 0.15) is 17.6 Å². The highest BCUT2D eigenvalue weighted by Crippen LogP contribution is 2.38. The van der Waals surface area contributed by atoms with Crippen molar-refractivity contribution >= 4 is 17.6 Å². The minimum Gasteiger partial charge on any atom is -0.386 e. The van der Waals surface area contributed by atoms with Crippen LogP contribution in [0.1, 0.15) is 17.0 Å². The van der Waals surface area contributed by atoms with Crippen molar-refractivity contribution in [3.8, 4) is 6.07 Å². The molecule has 1 aromatic heterocycles. The summed E-state index contributed by atoms with van der Waals surface area (Å²) in [6.45, 7) is 0. The molecule has 1 aliphatic rings. The number of halogens is 1. The van der Waals surface area contributed by atoms with Gasteiger partial charge >= 0.3 is 0 Å². The van der Waals surface area contributed by atoms with Gasteiger partial charge in [-0.15, -0.1) is 0 Å². The third-order valence-corrected chi connectivity index (χ3v) is 3.52. The first-order valence-corrected chi connectivity index (χ1v) is 6.40. The minimum absolute atomic E-state index is 0.0434. The molecule has 110 valence electrons. The number of anilines is 1.